The molecule has 0 aliphatic heterocycles. The van der Waals surface area contributed by atoms with E-state index in [2.05, 4.69) is 134 Å². The molecule has 0 radical (unpaired) electrons. The van der Waals surface area contributed by atoms with Gasteiger partial charge in [-0.1, -0.05) is 108 Å². The van der Waals surface area contributed by atoms with Crippen molar-refractivity contribution in [3.8, 4) is 0 Å². The quantitative estimate of drug-likeness (QED) is 0.223. The standard InChI is InChI=1S/2C13H11N.C3H8.2CH4/c2*1-14-12-8-4-2-6-10(12)11-7-3-5-9-13(11)14;1-3-2;;/h2*2-9H,1H3;3H2,1-2H3;2*1H4. The van der Waals surface area contributed by atoms with Crippen LogP contribution in [0.25, 0.3) is 43.6 Å². The molecule has 2 nitrogen and oxygen atoms in total. The number of hydrogen-bond donors (Lipinski definition) is 0. The minimum atomic E-state index is 0. The van der Waals surface area contributed by atoms with E-state index in [0.29, 0.717) is 0 Å². The second-order valence-electron chi connectivity index (χ2n) is 7.89. The van der Waals surface area contributed by atoms with E-state index in [1.165, 1.54) is 50.0 Å². The third kappa shape index (κ3) is 4.80. The van der Waals surface area contributed by atoms with Crippen LogP contribution in [0.5, 0.6) is 0 Å². The largest absolute Gasteiger partial charge is 0.344 e. The fourth-order valence-electron chi connectivity index (χ4n) is 4.24. The molecule has 0 amide bonds. The molecule has 6 aromatic rings. The summed E-state index contributed by atoms with van der Waals surface area (Å²) in [6, 6.07) is 34.1. The van der Waals surface area contributed by atoms with Gasteiger partial charge in [-0.3, -0.25) is 0 Å². The van der Waals surface area contributed by atoms with Gasteiger partial charge in [-0.2, -0.15) is 0 Å². The van der Waals surface area contributed by atoms with Gasteiger partial charge in [0.25, 0.3) is 0 Å². The molecule has 0 saturated carbocycles. The van der Waals surface area contributed by atoms with Crippen LogP contribution in [0.4, 0.5) is 0 Å². The van der Waals surface area contributed by atoms with Crippen molar-refractivity contribution in [3.63, 3.8) is 0 Å². The van der Waals surface area contributed by atoms with Crippen molar-refractivity contribution in [2.24, 2.45) is 14.1 Å². The first-order valence-electron chi connectivity index (χ1n) is 11.0. The molecule has 0 unspecified atom stereocenters. The number of benzene rings is 4. The van der Waals surface area contributed by atoms with Gasteiger partial charge in [0.05, 0.1) is 0 Å². The molecule has 172 valence electrons. The number of hydrogen-bond acceptors (Lipinski definition) is 0. The predicted octanol–water partition coefficient (Wildman–Crippen LogP) is 9.35. The van der Waals surface area contributed by atoms with E-state index < -0.39 is 0 Å². The molecule has 0 fully saturated rings. The molecule has 2 heterocycles. The highest BCUT2D eigenvalue weighted by Gasteiger charge is 2.06. The van der Waals surface area contributed by atoms with Crippen molar-refractivity contribution < 1.29 is 0 Å². The number of nitrogens with zero attached hydrogens (tertiary/aromatic N) is 2. The van der Waals surface area contributed by atoms with Gasteiger partial charge >= 0.3 is 0 Å². The molecule has 33 heavy (non-hydrogen) atoms. The van der Waals surface area contributed by atoms with Crippen molar-refractivity contribution in [2.75, 3.05) is 0 Å². The first kappa shape index (κ1) is 25.7. The Balaban J connectivity index is 0.000000198. The molecular weight excluding hydrogens is 400 g/mol. The summed E-state index contributed by atoms with van der Waals surface area (Å²) in [7, 11) is 4.23. The summed E-state index contributed by atoms with van der Waals surface area (Å²) in [5.41, 5.74) is 5.20. The van der Waals surface area contributed by atoms with Crippen LogP contribution in [0.3, 0.4) is 0 Å². The normalized spacial score (nSPS) is 10.1. The summed E-state index contributed by atoms with van der Waals surface area (Å²) in [6.07, 6.45) is 1.25. The molecule has 2 aromatic heterocycles. The maximum absolute atomic E-state index is 2.24. The fourth-order valence-corrected chi connectivity index (χ4v) is 4.24. The number of para-hydroxylation sites is 4. The van der Waals surface area contributed by atoms with Gasteiger partial charge in [-0.15, -0.1) is 0 Å². The topological polar surface area (TPSA) is 9.86 Å². The van der Waals surface area contributed by atoms with Crippen LogP contribution >= 0.6 is 0 Å². The van der Waals surface area contributed by atoms with Crippen LogP contribution in [0.15, 0.2) is 97.1 Å². The van der Waals surface area contributed by atoms with E-state index in [-0.39, 0.29) is 14.9 Å². The Labute approximate surface area is 199 Å². The van der Waals surface area contributed by atoms with Crippen LogP contribution < -0.4 is 0 Å². The van der Waals surface area contributed by atoms with Gasteiger partial charge < -0.3 is 9.13 Å². The Kier molecular flexibility index (Phi) is 8.87. The average Bonchev–Trinajstić information content (AvgIpc) is 3.28. The fraction of sp³-hybridized carbons (Fsp3) is 0.226. The number of aromatic nitrogens is 2. The molecule has 2 heteroatoms. The van der Waals surface area contributed by atoms with Crippen molar-refractivity contribution in [3.05, 3.63) is 97.1 Å². The summed E-state index contributed by atoms with van der Waals surface area (Å²) in [6.45, 7) is 4.25. The summed E-state index contributed by atoms with van der Waals surface area (Å²) in [4.78, 5) is 0. The van der Waals surface area contributed by atoms with Crippen LogP contribution in [0.1, 0.15) is 35.1 Å². The smallest absolute Gasteiger partial charge is 0.0488 e. The second-order valence-corrected chi connectivity index (χ2v) is 7.89. The second kappa shape index (κ2) is 11.4. The zero-order valence-electron chi connectivity index (χ0n) is 18.8. The molecule has 0 aliphatic rings. The van der Waals surface area contributed by atoms with Crippen molar-refractivity contribution in [1.29, 1.82) is 0 Å². The van der Waals surface area contributed by atoms with Gasteiger partial charge in [-0.05, 0) is 24.3 Å². The molecule has 0 atom stereocenters. The molecule has 0 N–H and O–H groups in total. The van der Waals surface area contributed by atoms with Gasteiger partial charge in [0.2, 0.25) is 0 Å². The van der Waals surface area contributed by atoms with E-state index in [9.17, 15) is 0 Å². The van der Waals surface area contributed by atoms with E-state index in [1.807, 2.05) is 0 Å². The summed E-state index contributed by atoms with van der Waals surface area (Å²) >= 11 is 0. The maximum Gasteiger partial charge on any atom is 0.0488 e. The van der Waals surface area contributed by atoms with Gasteiger partial charge in [0.1, 0.15) is 0 Å². The lowest BCUT2D eigenvalue weighted by atomic mass is 10.2. The third-order valence-corrected chi connectivity index (χ3v) is 5.64. The predicted molar refractivity (Wildman–Crippen MR) is 150 cm³/mol. The molecule has 0 aliphatic carbocycles. The Morgan fingerprint density at radius 1 is 0.424 bits per heavy atom. The Bertz CT molecular complexity index is 1230. The lowest BCUT2D eigenvalue weighted by Gasteiger charge is -1.95. The van der Waals surface area contributed by atoms with Crippen LogP contribution in [-0.2, 0) is 14.1 Å². The van der Waals surface area contributed by atoms with Crippen LogP contribution in [-0.4, -0.2) is 9.13 Å². The van der Waals surface area contributed by atoms with E-state index in [0.717, 1.165) is 0 Å². The van der Waals surface area contributed by atoms with Gasteiger partial charge in [0.15, 0.2) is 0 Å². The van der Waals surface area contributed by atoms with Crippen molar-refractivity contribution in [2.45, 2.75) is 35.1 Å². The van der Waals surface area contributed by atoms with Crippen molar-refractivity contribution in [1.82, 2.24) is 9.13 Å². The molecular formula is C31H38N2. The van der Waals surface area contributed by atoms with Crippen LogP contribution in [0.2, 0.25) is 0 Å². The zero-order valence-corrected chi connectivity index (χ0v) is 18.8. The van der Waals surface area contributed by atoms with Crippen LogP contribution in [0, 0.1) is 0 Å². The maximum atomic E-state index is 2.24. The number of rotatable bonds is 0. The SMILES string of the molecule is C.C.CCC.Cn1c2ccccc2c2ccccc21.Cn1c2ccccc2c2ccccc21. The summed E-state index contributed by atoms with van der Waals surface area (Å²) in [5, 5.41) is 5.35. The highest BCUT2D eigenvalue weighted by molar-refractivity contribution is 6.08. The highest BCUT2D eigenvalue weighted by atomic mass is 14.9. The zero-order chi connectivity index (χ0) is 21.8. The lowest BCUT2D eigenvalue weighted by Crippen LogP contribution is -1.84. The summed E-state index contributed by atoms with van der Waals surface area (Å²) in [5.74, 6) is 0. The van der Waals surface area contributed by atoms with E-state index in [4.69, 9.17) is 0 Å². The minimum Gasteiger partial charge on any atom is -0.344 e. The van der Waals surface area contributed by atoms with E-state index >= 15 is 0 Å². The Hall–Kier alpha value is -3.52. The average molecular weight is 439 g/mol. The molecule has 0 saturated heterocycles. The third-order valence-electron chi connectivity index (χ3n) is 5.64. The first-order valence-corrected chi connectivity index (χ1v) is 11.0. The van der Waals surface area contributed by atoms with Gasteiger partial charge in [-0.25, -0.2) is 0 Å². The molecule has 6 rings (SSSR count). The van der Waals surface area contributed by atoms with Gasteiger partial charge in [0, 0.05) is 57.7 Å². The van der Waals surface area contributed by atoms with Crippen molar-refractivity contribution >= 4 is 43.6 Å². The minimum absolute atomic E-state index is 0. The Morgan fingerprint density at radius 2 is 0.606 bits per heavy atom. The monoisotopic (exact) mass is 438 g/mol. The molecule has 4 aromatic carbocycles. The highest BCUT2D eigenvalue weighted by Crippen LogP contribution is 2.28. The number of fused-ring (bicyclic) bond motifs is 6. The Morgan fingerprint density at radius 3 is 0.818 bits per heavy atom. The van der Waals surface area contributed by atoms with E-state index in [1.54, 1.807) is 0 Å². The molecule has 0 bridgehead atoms. The lowest BCUT2D eigenvalue weighted by molar-refractivity contribution is 1.01. The number of aryl methyl sites for hydroxylation is 2. The molecule has 0 spiro atoms. The summed E-state index contributed by atoms with van der Waals surface area (Å²) < 4.78 is 4.48. The first-order chi connectivity index (χ1) is 15.2.